The Morgan fingerprint density at radius 1 is 1.04 bits per heavy atom. The van der Waals surface area contributed by atoms with Gasteiger partial charge in [0.2, 0.25) is 5.91 Å². The maximum atomic E-state index is 12.3. The van der Waals surface area contributed by atoms with Crippen LogP contribution in [0.25, 0.3) is 0 Å². The van der Waals surface area contributed by atoms with E-state index in [2.05, 4.69) is 36.5 Å². The normalized spacial score (nSPS) is 10.5. The van der Waals surface area contributed by atoms with Gasteiger partial charge in [0.05, 0.1) is 0 Å². The minimum atomic E-state index is 0.202. The zero-order chi connectivity index (χ0) is 16.5. The quantitative estimate of drug-likeness (QED) is 0.757. The highest BCUT2D eigenvalue weighted by Gasteiger charge is 2.11. The van der Waals surface area contributed by atoms with Crippen LogP contribution in [0.2, 0.25) is 0 Å². The molecule has 0 saturated heterocycles. The summed E-state index contributed by atoms with van der Waals surface area (Å²) in [7, 11) is 0. The predicted octanol–water partition coefficient (Wildman–Crippen LogP) is 3.52. The molecule has 0 fully saturated rings. The summed E-state index contributed by atoms with van der Waals surface area (Å²) in [6.45, 7) is 7.09. The highest BCUT2D eigenvalue weighted by molar-refractivity contribution is 5.76. The Kier molecular flexibility index (Phi) is 6.82. The van der Waals surface area contributed by atoms with Crippen LogP contribution >= 0.6 is 0 Å². The molecule has 0 unspecified atom stereocenters. The largest absolute Gasteiger partial charge is 0.339 e. The van der Waals surface area contributed by atoms with Gasteiger partial charge in [-0.3, -0.25) is 4.79 Å². The molecule has 0 aliphatic heterocycles. The Morgan fingerprint density at radius 2 is 1.74 bits per heavy atom. The third-order valence-corrected chi connectivity index (χ3v) is 4.04. The van der Waals surface area contributed by atoms with E-state index in [1.165, 1.54) is 16.7 Å². The summed E-state index contributed by atoms with van der Waals surface area (Å²) >= 11 is 0. The fraction of sp³-hybridized carbons (Fsp3) is 0.350. The zero-order valence-electron chi connectivity index (χ0n) is 14.1. The number of nitrogens with one attached hydrogen (secondary N) is 1. The Hall–Kier alpha value is -2.13. The molecule has 122 valence electrons. The molecule has 1 N–H and O–H groups in total. The van der Waals surface area contributed by atoms with Gasteiger partial charge in [-0.1, -0.05) is 54.6 Å². The van der Waals surface area contributed by atoms with Crippen molar-refractivity contribution in [2.24, 2.45) is 0 Å². The summed E-state index contributed by atoms with van der Waals surface area (Å²) in [5.41, 5.74) is 3.75. The van der Waals surface area contributed by atoms with Gasteiger partial charge in [-0.25, -0.2) is 0 Å². The Balaban J connectivity index is 1.75. The van der Waals surface area contributed by atoms with Crippen LogP contribution in [0, 0.1) is 6.92 Å². The Morgan fingerprint density at radius 3 is 2.43 bits per heavy atom. The number of aryl methyl sites for hydroxylation is 1. The van der Waals surface area contributed by atoms with E-state index in [-0.39, 0.29) is 5.91 Å². The topological polar surface area (TPSA) is 32.3 Å². The first-order valence-electron chi connectivity index (χ1n) is 8.27. The van der Waals surface area contributed by atoms with Gasteiger partial charge >= 0.3 is 0 Å². The van der Waals surface area contributed by atoms with Crippen molar-refractivity contribution < 1.29 is 4.79 Å². The molecule has 2 aromatic rings. The molecule has 0 atom stereocenters. The van der Waals surface area contributed by atoms with Crippen LogP contribution in [0.4, 0.5) is 0 Å². The number of amides is 1. The first-order chi connectivity index (χ1) is 11.2. The second-order valence-electron chi connectivity index (χ2n) is 5.75. The molecular formula is C20H26N2O. The Bertz CT molecular complexity index is 610. The molecule has 0 aliphatic carbocycles. The number of carbonyl (C=O) groups excluding carboxylic acids is 1. The number of benzene rings is 2. The standard InChI is InChI=1S/C20H26N2O/c1-3-22(16-18-10-5-4-6-11-18)20(23)13-14-21-15-19-12-8-7-9-17(19)2/h4-12,21H,3,13-16H2,1-2H3. The van der Waals surface area contributed by atoms with Gasteiger partial charge in [-0.05, 0) is 30.5 Å². The van der Waals surface area contributed by atoms with E-state index in [0.717, 1.165) is 13.1 Å². The second-order valence-corrected chi connectivity index (χ2v) is 5.75. The van der Waals surface area contributed by atoms with E-state index < -0.39 is 0 Å². The second kappa shape index (κ2) is 9.11. The first kappa shape index (κ1) is 17.2. The van der Waals surface area contributed by atoms with E-state index in [4.69, 9.17) is 0 Å². The fourth-order valence-electron chi connectivity index (χ4n) is 2.57. The smallest absolute Gasteiger partial charge is 0.224 e. The number of hydrogen-bond donors (Lipinski definition) is 1. The lowest BCUT2D eigenvalue weighted by atomic mass is 10.1. The molecule has 0 heterocycles. The van der Waals surface area contributed by atoms with Crippen LogP contribution in [-0.2, 0) is 17.9 Å². The van der Waals surface area contributed by atoms with Gasteiger partial charge in [0, 0.05) is 32.6 Å². The molecule has 0 aromatic heterocycles. The molecular weight excluding hydrogens is 284 g/mol. The molecule has 0 aliphatic rings. The number of rotatable bonds is 8. The molecule has 23 heavy (non-hydrogen) atoms. The molecule has 2 aromatic carbocycles. The highest BCUT2D eigenvalue weighted by Crippen LogP contribution is 2.07. The van der Waals surface area contributed by atoms with Gasteiger partial charge in [0.25, 0.3) is 0 Å². The van der Waals surface area contributed by atoms with Crippen molar-refractivity contribution in [1.82, 2.24) is 10.2 Å². The molecule has 3 heteroatoms. The summed E-state index contributed by atoms with van der Waals surface area (Å²) < 4.78 is 0. The van der Waals surface area contributed by atoms with Crippen molar-refractivity contribution in [3.05, 3.63) is 71.3 Å². The first-order valence-corrected chi connectivity index (χ1v) is 8.27. The van der Waals surface area contributed by atoms with Crippen LogP contribution in [0.5, 0.6) is 0 Å². The van der Waals surface area contributed by atoms with E-state index in [9.17, 15) is 4.79 Å². The van der Waals surface area contributed by atoms with Crippen LogP contribution in [0.3, 0.4) is 0 Å². The van der Waals surface area contributed by atoms with Gasteiger partial charge in [0.1, 0.15) is 0 Å². The van der Waals surface area contributed by atoms with E-state index in [1.807, 2.05) is 42.2 Å². The molecule has 3 nitrogen and oxygen atoms in total. The molecule has 0 radical (unpaired) electrons. The van der Waals surface area contributed by atoms with Gasteiger partial charge < -0.3 is 10.2 Å². The van der Waals surface area contributed by atoms with Crippen LogP contribution in [0.1, 0.15) is 30.0 Å². The number of carbonyl (C=O) groups is 1. The lowest BCUT2D eigenvalue weighted by Gasteiger charge is -2.21. The van der Waals surface area contributed by atoms with Crippen molar-refractivity contribution >= 4 is 5.91 Å². The summed E-state index contributed by atoms with van der Waals surface area (Å²) in [6.07, 6.45) is 0.534. The third kappa shape index (κ3) is 5.53. The zero-order valence-corrected chi connectivity index (χ0v) is 14.1. The third-order valence-electron chi connectivity index (χ3n) is 4.04. The molecule has 0 saturated carbocycles. The van der Waals surface area contributed by atoms with E-state index in [0.29, 0.717) is 19.5 Å². The van der Waals surface area contributed by atoms with Crippen molar-refractivity contribution in [3.63, 3.8) is 0 Å². The lowest BCUT2D eigenvalue weighted by molar-refractivity contribution is -0.131. The van der Waals surface area contributed by atoms with Crippen LogP contribution < -0.4 is 5.32 Å². The van der Waals surface area contributed by atoms with Gasteiger partial charge in [-0.2, -0.15) is 0 Å². The minimum absolute atomic E-state index is 0.202. The average Bonchev–Trinajstić information content (AvgIpc) is 2.58. The summed E-state index contributed by atoms with van der Waals surface area (Å²) in [5.74, 6) is 0.202. The molecule has 0 spiro atoms. The molecule has 1 amide bonds. The van der Waals surface area contributed by atoms with Crippen molar-refractivity contribution in [2.75, 3.05) is 13.1 Å². The van der Waals surface area contributed by atoms with E-state index in [1.54, 1.807) is 0 Å². The SMILES string of the molecule is CCN(Cc1ccccc1)C(=O)CCNCc1ccccc1C. The fourth-order valence-corrected chi connectivity index (χ4v) is 2.57. The highest BCUT2D eigenvalue weighted by atomic mass is 16.2. The van der Waals surface area contributed by atoms with Crippen molar-refractivity contribution in [2.45, 2.75) is 33.4 Å². The maximum absolute atomic E-state index is 12.3. The summed E-state index contributed by atoms with van der Waals surface area (Å²) in [5, 5.41) is 3.37. The maximum Gasteiger partial charge on any atom is 0.224 e. The summed E-state index contributed by atoms with van der Waals surface area (Å²) in [4.78, 5) is 14.3. The van der Waals surface area contributed by atoms with Crippen LogP contribution in [-0.4, -0.2) is 23.9 Å². The summed E-state index contributed by atoms with van der Waals surface area (Å²) in [6, 6.07) is 18.5. The lowest BCUT2D eigenvalue weighted by Crippen LogP contribution is -2.32. The monoisotopic (exact) mass is 310 g/mol. The van der Waals surface area contributed by atoms with Crippen molar-refractivity contribution in [1.29, 1.82) is 0 Å². The number of hydrogen-bond acceptors (Lipinski definition) is 2. The van der Waals surface area contributed by atoms with Crippen molar-refractivity contribution in [3.8, 4) is 0 Å². The van der Waals surface area contributed by atoms with E-state index >= 15 is 0 Å². The van der Waals surface area contributed by atoms with Crippen LogP contribution in [0.15, 0.2) is 54.6 Å². The number of nitrogens with zero attached hydrogens (tertiary/aromatic N) is 1. The minimum Gasteiger partial charge on any atom is -0.339 e. The average molecular weight is 310 g/mol. The molecule has 0 bridgehead atoms. The van der Waals surface area contributed by atoms with Gasteiger partial charge in [-0.15, -0.1) is 0 Å². The van der Waals surface area contributed by atoms with Gasteiger partial charge in [0.15, 0.2) is 0 Å². The Labute approximate surface area is 139 Å². The molecule has 2 rings (SSSR count). The predicted molar refractivity (Wildman–Crippen MR) is 95.0 cm³/mol.